The van der Waals surface area contributed by atoms with Crippen molar-refractivity contribution in [2.24, 2.45) is 0 Å². The minimum Gasteiger partial charge on any atom is -0.452 e. The van der Waals surface area contributed by atoms with Crippen molar-refractivity contribution in [1.82, 2.24) is 9.97 Å². The summed E-state index contributed by atoms with van der Waals surface area (Å²) in [6, 6.07) is 20.7. The first kappa shape index (κ1) is 23.6. The molecule has 0 radical (unpaired) electrons. The number of Topliss-reactive ketones (excluding diaryl/α,β-unsaturated/α-hetero) is 1. The van der Waals surface area contributed by atoms with Crippen LogP contribution in [0.5, 0.6) is 23.3 Å². The maximum Gasteiger partial charge on any atom is 0.321 e. The number of hydrogen-bond acceptors (Lipinski definition) is 7. The van der Waals surface area contributed by atoms with Gasteiger partial charge in [0.25, 0.3) is 0 Å². The first-order valence-corrected chi connectivity index (χ1v) is 12.4. The number of benzene rings is 3. The summed E-state index contributed by atoms with van der Waals surface area (Å²) in [4.78, 5) is 34.0. The molecule has 7 nitrogen and oxygen atoms in total. The predicted octanol–water partition coefficient (Wildman–Crippen LogP) is 6.45. The molecule has 0 fully saturated rings. The quantitative estimate of drug-likeness (QED) is 0.175. The third-order valence-electron chi connectivity index (χ3n) is 6.69. The van der Waals surface area contributed by atoms with Gasteiger partial charge in [0.2, 0.25) is 5.78 Å². The van der Waals surface area contributed by atoms with Crippen LogP contribution in [-0.2, 0) is 4.79 Å². The van der Waals surface area contributed by atoms with Gasteiger partial charge in [-0.3, -0.25) is 9.59 Å². The lowest BCUT2D eigenvalue weighted by Crippen LogP contribution is -2.21. The van der Waals surface area contributed by atoms with E-state index in [-0.39, 0.29) is 35.9 Å². The highest BCUT2D eigenvalue weighted by Gasteiger charge is 2.38. The van der Waals surface area contributed by atoms with Crippen molar-refractivity contribution in [3.05, 3.63) is 113 Å². The SMILES string of the molecule is CC(C)c1ccc(C=C2Oc3c(ccc4c3C(c3cccc(Oc5ncccn5)c3)CC(=O)O4)C2=O)cc1. The highest BCUT2D eigenvalue weighted by molar-refractivity contribution is 6.15. The average molecular weight is 505 g/mol. The Kier molecular flexibility index (Phi) is 5.96. The van der Waals surface area contributed by atoms with E-state index in [0.29, 0.717) is 34.3 Å². The van der Waals surface area contributed by atoms with Crippen LogP contribution in [-0.4, -0.2) is 21.7 Å². The number of aromatic nitrogens is 2. The average Bonchev–Trinajstić information content (AvgIpc) is 3.24. The molecular formula is C31H24N2O5. The standard InChI is InChI=1S/C31H24N2O5/c1-18(2)20-9-7-19(8-10-20)15-26-29(35)23-11-12-25-28(30(23)38-26)24(17-27(34)37-25)21-5-3-6-22(16-21)36-31-32-13-4-14-33-31/h3-16,18,24H,17H2,1-2H3. The number of hydrogen-bond donors (Lipinski definition) is 0. The Morgan fingerprint density at radius 1 is 0.947 bits per heavy atom. The van der Waals surface area contributed by atoms with Crippen molar-refractivity contribution >= 4 is 17.8 Å². The first-order chi connectivity index (χ1) is 18.5. The van der Waals surface area contributed by atoms with Gasteiger partial charge in [-0.2, -0.15) is 0 Å². The molecule has 0 N–H and O–H groups in total. The number of allylic oxidation sites excluding steroid dienone is 1. The van der Waals surface area contributed by atoms with E-state index >= 15 is 0 Å². The molecule has 2 aliphatic heterocycles. The van der Waals surface area contributed by atoms with Crippen molar-refractivity contribution in [3.63, 3.8) is 0 Å². The molecule has 0 aliphatic carbocycles. The Labute approximate surface area is 219 Å². The highest BCUT2D eigenvalue weighted by atomic mass is 16.5. The number of ether oxygens (including phenoxy) is 3. The molecule has 7 heteroatoms. The molecule has 1 atom stereocenters. The van der Waals surface area contributed by atoms with E-state index in [2.05, 4.69) is 35.9 Å². The van der Waals surface area contributed by atoms with Crippen LogP contribution in [0.2, 0.25) is 0 Å². The Hall–Kier alpha value is -4.78. The maximum atomic E-state index is 13.3. The Morgan fingerprint density at radius 2 is 1.74 bits per heavy atom. The fourth-order valence-electron chi connectivity index (χ4n) is 4.76. The monoisotopic (exact) mass is 504 g/mol. The van der Waals surface area contributed by atoms with Gasteiger partial charge < -0.3 is 14.2 Å². The molecule has 4 aromatic rings. The number of esters is 1. The van der Waals surface area contributed by atoms with Crippen LogP contribution < -0.4 is 14.2 Å². The zero-order valence-electron chi connectivity index (χ0n) is 20.9. The van der Waals surface area contributed by atoms with Crippen molar-refractivity contribution in [1.29, 1.82) is 0 Å². The van der Waals surface area contributed by atoms with Gasteiger partial charge in [-0.1, -0.05) is 50.2 Å². The number of ketones is 1. The number of nitrogens with zero attached hydrogens (tertiary/aromatic N) is 2. The van der Waals surface area contributed by atoms with Gasteiger partial charge in [0.05, 0.1) is 12.0 Å². The van der Waals surface area contributed by atoms with Crippen LogP contribution >= 0.6 is 0 Å². The molecule has 0 spiro atoms. The lowest BCUT2D eigenvalue weighted by atomic mass is 9.84. The second-order valence-corrected chi connectivity index (χ2v) is 9.55. The maximum absolute atomic E-state index is 13.3. The summed E-state index contributed by atoms with van der Waals surface area (Å²) in [6.07, 6.45) is 5.04. The normalized spacial score (nSPS) is 17.1. The topological polar surface area (TPSA) is 87.6 Å². The van der Waals surface area contributed by atoms with Crippen molar-refractivity contribution < 1.29 is 23.8 Å². The summed E-state index contributed by atoms with van der Waals surface area (Å²) in [5.74, 6) is 1.05. The Bertz CT molecular complexity index is 1580. The highest BCUT2D eigenvalue weighted by Crippen LogP contribution is 2.49. The molecule has 2 aliphatic rings. The van der Waals surface area contributed by atoms with E-state index in [1.54, 1.807) is 42.7 Å². The van der Waals surface area contributed by atoms with Gasteiger partial charge in [-0.15, -0.1) is 0 Å². The zero-order chi connectivity index (χ0) is 26.2. The third-order valence-corrected chi connectivity index (χ3v) is 6.69. The van der Waals surface area contributed by atoms with E-state index < -0.39 is 0 Å². The van der Waals surface area contributed by atoms with Crippen LogP contribution in [0, 0.1) is 0 Å². The van der Waals surface area contributed by atoms with Crippen LogP contribution in [0.3, 0.4) is 0 Å². The molecule has 0 saturated carbocycles. The molecule has 0 amide bonds. The molecule has 3 aromatic carbocycles. The summed E-state index contributed by atoms with van der Waals surface area (Å²) in [6.45, 7) is 4.27. The lowest BCUT2D eigenvalue weighted by Gasteiger charge is -2.26. The number of fused-ring (bicyclic) bond motifs is 3. The summed E-state index contributed by atoms with van der Waals surface area (Å²) in [5.41, 5.74) is 4.03. The van der Waals surface area contributed by atoms with Crippen molar-refractivity contribution in [2.45, 2.75) is 32.1 Å². The third kappa shape index (κ3) is 4.43. The summed E-state index contributed by atoms with van der Waals surface area (Å²) >= 11 is 0. The van der Waals surface area contributed by atoms with Crippen molar-refractivity contribution in [2.75, 3.05) is 0 Å². The van der Waals surface area contributed by atoms with Crippen LogP contribution in [0.15, 0.2) is 84.9 Å². The summed E-state index contributed by atoms with van der Waals surface area (Å²) in [7, 11) is 0. The van der Waals surface area contributed by atoms with Crippen LogP contribution in [0.25, 0.3) is 6.08 Å². The fourth-order valence-corrected chi connectivity index (χ4v) is 4.76. The van der Waals surface area contributed by atoms with Gasteiger partial charge in [-0.25, -0.2) is 9.97 Å². The lowest BCUT2D eigenvalue weighted by molar-refractivity contribution is -0.135. The van der Waals surface area contributed by atoms with Crippen LogP contribution in [0.1, 0.15) is 64.7 Å². The van der Waals surface area contributed by atoms with E-state index in [1.807, 2.05) is 30.3 Å². The zero-order valence-corrected chi connectivity index (χ0v) is 20.9. The fraction of sp³-hybridized carbons (Fsp3) is 0.161. The van der Waals surface area contributed by atoms with Gasteiger partial charge in [0, 0.05) is 23.9 Å². The number of rotatable bonds is 5. The second-order valence-electron chi connectivity index (χ2n) is 9.55. The van der Waals surface area contributed by atoms with Gasteiger partial charge >= 0.3 is 12.0 Å². The van der Waals surface area contributed by atoms with Crippen molar-refractivity contribution in [3.8, 4) is 23.3 Å². The molecule has 6 rings (SSSR count). The van der Waals surface area contributed by atoms with Crippen LogP contribution in [0.4, 0.5) is 0 Å². The van der Waals surface area contributed by atoms with E-state index in [9.17, 15) is 9.59 Å². The van der Waals surface area contributed by atoms with Gasteiger partial charge in [-0.05, 0) is 59.0 Å². The molecule has 1 aromatic heterocycles. The summed E-state index contributed by atoms with van der Waals surface area (Å²) < 4.78 is 17.5. The molecule has 0 bridgehead atoms. The first-order valence-electron chi connectivity index (χ1n) is 12.4. The van der Waals surface area contributed by atoms with E-state index in [0.717, 1.165) is 11.1 Å². The summed E-state index contributed by atoms with van der Waals surface area (Å²) in [5, 5.41) is 0. The Morgan fingerprint density at radius 3 is 2.50 bits per heavy atom. The second kappa shape index (κ2) is 9.59. The van der Waals surface area contributed by atoms with Gasteiger partial charge in [0.15, 0.2) is 5.76 Å². The molecule has 3 heterocycles. The largest absolute Gasteiger partial charge is 0.452 e. The molecule has 38 heavy (non-hydrogen) atoms. The van der Waals surface area contributed by atoms with E-state index in [1.165, 1.54) is 5.56 Å². The Balaban J connectivity index is 1.36. The molecule has 1 unspecified atom stereocenters. The number of carbonyl (C=O) groups is 2. The number of carbonyl (C=O) groups excluding carboxylic acids is 2. The predicted molar refractivity (Wildman–Crippen MR) is 141 cm³/mol. The molecular weight excluding hydrogens is 480 g/mol. The molecule has 0 saturated heterocycles. The molecule has 188 valence electrons. The minimum absolute atomic E-state index is 0.0992. The minimum atomic E-state index is -0.390. The van der Waals surface area contributed by atoms with E-state index in [4.69, 9.17) is 14.2 Å². The smallest absolute Gasteiger partial charge is 0.321 e. The van der Waals surface area contributed by atoms with Gasteiger partial charge in [0.1, 0.15) is 17.2 Å².